The first-order valence-electron chi connectivity index (χ1n) is 10.4. The molecule has 1 saturated carbocycles. The molecule has 1 atom stereocenters. The van der Waals surface area contributed by atoms with Crippen molar-refractivity contribution >= 4 is 55.9 Å². The zero-order chi connectivity index (χ0) is 21.9. The van der Waals surface area contributed by atoms with Gasteiger partial charge in [0.2, 0.25) is 11.8 Å². The van der Waals surface area contributed by atoms with Crippen molar-refractivity contribution < 1.29 is 9.59 Å². The molecule has 32 heavy (non-hydrogen) atoms. The summed E-state index contributed by atoms with van der Waals surface area (Å²) in [6.07, 6.45) is 1.95. The van der Waals surface area contributed by atoms with E-state index in [1.54, 1.807) is 0 Å². The smallest absolute Gasteiger partial charge is 0.244 e. The van der Waals surface area contributed by atoms with Gasteiger partial charge < -0.3 is 10.6 Å². The number of rotatable bonds is 7. The summed E-state index contributed by atoms with van der Waals surface area (Å²) in [5, 5.41) is 6.11. The summed E-state index contributed by atoms with van der Waals surface area (Å²) in [7, 11) is 0. The highest BCUT2D eigenvalue weighted by Crippen LogP contribution is 2.37. The third-order valence-corrected chi connectivity index (χ3v) is 7.41. The molecular formula is C25H21N3O2S2. The lowest BCUT2D eigenvalue weighted by atomic mass is 10.1. The summed E-state index contributed by atoms with van der Waals surface area (Å²) in [4.78, 5) is 30.7. The molecule has 0 bridgehead atoms. The summed E-state index contributed by atoms with van der Waals surface area (Å²) >= 11 is 2.94. The topological polar surface area (TPSA) is 71.1 Å². The second kappa shape index (κ2) is 9.14. The van der Waals surface area contributed by atoms with Gasteiger partial charge in [0.1, 0.15) is 5.25 Å². The van der Waals surface area contributed by atoms with Gasteiger partial charge >= 0.3 is 0 Å². The van der Waals surface area contributed by atoms with Crippen LogP contribution in [0.2, 0.25) is 0 Å². The maximum Gasteiger partial charge on any atom is 0.244 e. The Balaban J connectivity index is 1.33. The van der Waals surface area contributed by atoms with Crippen molar-refractivity contribution in [3.63, 3.8) is 0 Å². The number of nitrogens with zero attached hydrogens (tertiary/aromatic N) is 1. The van der Waals surface area contributed by atoms with Gasteiger partial charge in [-0.25, -0.2) is 4.98 Å². The molecule has 1 aliphatic rings. The minimum absolute atomic E-state index is 0.0859. The molecular weight excluding hydrogens is 438 g/mol. The van der Waals surface area contributed by atoms with E-state index in [2.05, 4.69) is 15.6 Å². The Morgan fingerprint density at radius 2 is 1.62 bits per heavy atom. The van der Waals surface area contributed by atoms with E-state index in [4.69, 9.17) is 0 Å². The van der Waals surface area contributed by atoms with Crippen LogP contribution >= 0.6 is 23.1 Å². The Morgan fingerprint density at radius 1 is 0.906 bits per heavy atom. The number of thiazole rings is 1. The first-order chi connectivity index (χ1) is 15.7. The van der Waals surface area contributed by atoms with Crippen LogP contribution < -0.4 is 10.6 Å². The fourth-order valence-electron chi connectivity index (χ4n) is 3.34. The lowest BCUT2D eigenvalue weighted by Crippen LogP contribution is -2.18. The van der Waals surface area contributed by atoms with Gasteiger partial charge in [0.15, 0.2) is 5.13 Å². The highest BCUT2D eigenvalue weighted by Gasteiger charge is 2.29. The van der Waals surface area contributed by atoms with Crippen LogP contribution in [0.4, 0.5) is 10.8 Å². The Labute approximate surface area is 194 Å². The fourth-order valence-corrected chi connectivity index (χ4v) is 5.23. The average molecular weight is 460 g/mol. The number of thioether (sulfide) groups is 1. The molecule has 0 radical (unpaired) electrons. The van der Waals surface area contributed by atoms with Gasteiger partial charge in [-0.05, 0) is 54.8 Å². The largest absolute Gasteiger partial charge is 0.326 e. The summed E-state index contributed by atoms with van der Waals surface area (Å²) in [5.74, 6) is 0.131. The normalized spacial score (nSPS) is 14.1. The molecule has 2 N–H and O–H groups in total. The van der Waals surface area contributed by atoms with Crippen molar-refractivity contribution in [3.8, 4) is 0 Å². The third-order valence-electron chi connectivity index (χ3n) is 5.19. The molecule has 1 aromatic heterocycles. The van der Waals surface area contributed by atoms with Gasteiger partial charge in [0.05, 0.1) is 10.2 Å². The van der Waals surface area contributed by atoms with E-state index in [9.17, 15) is 9.59 Å². The molecule has 0 saturated heterocycles. The van der Waals surface area contributed by atoms with E-state index >= 15 is 0 Å². The second-order valence-electron chi connectivity index (χ2n) is 7.67. The molecule has 7 heteroatoms. The van der Waals surface area contributed by atoms with Gasteiger partial charge in [-0.3, -0.25) is 9.59 Å². The van der Waals surface area contributed by atoms with E-state index in [0.29, 0.717) is 5.13 Å². The van der Waals surface area contributed by atoms with Crippen LogP contribution in [0.1, 0.15) is 23.7 Å². The number of aromatic nitrogens is 1. The number of carbonyl (C=O) groups excluding carboxylic acids is 2. The number of nitrogens with one attached hydrogen (secondary N) is 2. The van der Waals surface area contributed by atoms with E-state index in [0.717, 1.165) is 39.2 Å². The molecule has 2 amide bonds. The minimum atomic E-state index is -0.435. The number of anilines is 2. The summed E-state index contributed by atoms with van der Waals surface area (Å²) in [6, 6.07) is 25.2. The number of benzene rings is 3. The Kier molecular flexibility index (Phi) is 5.92. The van der Waals surface area contributed by atoms with Gasteiger partial charge in [-0.2, -0.15) is 0 Å². The highest BCUT2D eigenvalue weighted by molar-refractivity contribution is 8.00. The van der Waals surface area contributed by atoms with Crippen LogP contribution in [0.25, 0.3) is 10.2 Å². The second-order valence-corrected chi connectivity index (χ2v) is 9.88. The van der Waals surface area contributed by atoms with Crippen LogP contribution in [-0.4, -0.2) is 16.8 Å². The predicted octanol–water partition coefficient (Wildman–Crippen LogP) is 6.12. The molecule has 1 heterocycles. The van der Waals surface area contributed by atoms with Crippen molar-refractivity contribution in [1.29, 1.82) is 0 Å². The molecule has 4 aromatic rings. The zero-order valence-corrected chi connectivity index (χ0v) is 18.8. The predicted molar refractivity (Wildman–Crippen MR) is 131 cm³/mol. The molecule has 1 fully saturated rings. The van der Waals surface area contributed by atoms with Crippen molar-refractivity contribution in [2.24, 2.45) is 5.92 Å². The lowest BCUT2D eigenvalue weighted by Gasteiger charge is -2.16. The Morgan fingerprint density at radius 3 is 2.34 bits per heavy atom. The summed E-state index contributed by atoms with van der Waals surface area (Å²) in [6.45, 7) is 0. The maximum atomic E-state index is 13.3. The van der Waals surface area contributed by atoms with Crippen LogP contribution in [0.5, 0.6) is 0 Å². The van der Waals surface area contributed by atoms with Gasteiger partial charge in [0, 0.05) is 16.5 Å². The monoisotopic (exact) mass is 459 g/mol. The molecule has 1 aliphatic carbocycles. The highest BCUT2D eigenvalue weighted by atomic mass is 32.2. The SMILES string of the molecule is O=C(Nc1ccc(SC(C(=O)Nc2nc3ccccc3s2)c2ccccc2)cc1)C1CC1. The minimum Gasteiger partial charge on any atom is -0.326 e. The van der Waals surface area contributed by atoms with Crippen LogP contribution in [0, 0.1) is 5.92 Å². The van der Waals surface area contributed by atoms with Crippen LogP contribution in [-0.2, 0) is 9.59 Å². The summed E-state index contributed by atoms with van der Waals surface area (Å²) < 4.78 is 1.04. The fraction of sp³-hybridized carbons (Fsp3) is 0.160. The molecule has 3 aromatic carbocycles. The standard InChI is InChI=1S/C25H21N3O2S2/c29-23(17-10-11-17)26-18-12-14-19(15-13-18)31-22(16-6-2-1-3-7-16)24(30)28-25-27-20-8-4-5-9-21(20)32-25/h1-9,12-15,17,22H,10-11H2,(H,26,29)(H,27,28,30). The number of hydrogen-bond donors (Lipinski definition) is 2. The van der Waals surface area contributed by atoms with E-state index < -0.39 is 5.25 Å². The van der Waals surface area contributed by atoms with Gasteiger partial charge in [-0.15, -0.1) is 11.8 Å². The molecule has 160 valence electrons. The van der Waals surface area contributed by atoms with E-state index in [-0.39, 0.29) is 17.7 Å². The van der Waals surface area contributed by atoms with E-state index in [1.807, 2.05) is 78.9 Å². The van der Waals surface area contributed by atoms with Gasteiger partial charge in [0.25, 0.3) is 0 Å². The first-order valence-corrected chi connectivity index (χ1v) is 12.1. The van der Waals surface area contributed by atoms with E-state index in [1.165, 1.54) is 23.1 Å². The number of fused-ring (bicyclic) bond motifs is 1. The van der Waals surface area contributed by atoms with Crippen LogP contribution in [0.15, 0.2) is 83.8 Å². The van der Waals surface area contributed by atoms with Crippen molar-refractivity contribution in [1.82, 2.24) is 4.98 Å². The lowest BCUT2D eigenvalue weighted by molar-refractivity contribution is -0.117. The maximum absolute atomic E-state index is 13.3. The molecule has 0 aliphatic heterocycles. The third kappa shape index (κ3) is 4.84. The average Bonchev–Trinajstić information content (AvgIpc) is 3.59. The zero-order valence-electron chi connectivity index (χ0n) is 17.2. The van der Waals surface area contributed by atoms with Crippen molar-refractivity contribution in [2.45, 2.75) is 23.0 Å². The molecule has 0 spiro atoms. The number of para-hydroxylation sites is 1. The number of carbonyl (C=O) groups is 2. The quantitative estimate of drug-likeness (QED) is 0.327. The number of hydrogen-bond acceptors (Lipinski definition) is 5. The molecule has 1 unspecified atom stereocenters. The van der Waals surface area contributed by atoms with Crippen molar-refractivity contribution in [2.75, 3.05) is 10.6 Å². The van der Waals surface area contributed by atoms with Gasteiger partial charge in [-0.1, -0.05) is 53.8 Å². The van der Waals surface area contributed by atoms with Crippen LogP contribution in [0.3, 0.4) is 0 Å². The Hall–Kier alpha value is -3.16. The molecule has 5 nitrogen and oxygen atoms in total. The summed E-state index contributed by atoms with van der Waals surface area (Å²) in [5.41, 5.74) is 2.57. The molecule has 5 rings (SSSR count). The number of amides is 2. The van der Waals surface area contributed by atoms with Crippen molar-refractivity contribution in [3.05, 3.63) is 84.4 Å². The Bertz CT molecular complexity index is 1220. The first kappa shape index (κ1) is 20.7.